The minimum absolute atomic E-state index is 0. The quantitative estimate of drug-likeness (QED) is 0.162. The van der Waals surface area contributed by atoms with Crippen molar-refractivity contribution in [3.8, 4) is 0 Å². The van der Waals surface area contributed by atoms with Gasteiger partial charge in [0, 0.05) is 101 Å². The fourth-order valence-electron chi connectivity index (χ4n) is 3.98. The Kier molecular flexibility index (Phi) is 25.4. The fraction of sp³-hybridized carbons (Fsp3) is 0.0238. The van der Waals surface area contributed by atoms with Crippen LogP contribution in [0.5, 0.6) is 0 Å². The third-order valence-corrected chi connectivity index (χ3v) is 6.18. The molecule has 7 aromatic rings. The van der Waals surface area contributed by atoms with E-state index in [1.165, 1.54) is 5.56 Å². The molecule has 2 radical (unpaired) electrons. The summed E-state index contributed by atoms with van der Waals surface area (Å²) < 4.78 is 2.14. The maximum Gasteiger partial charge on any atom is 4.00 e. The molecule has 0 unspecified atom stereocenters. The van der Waals surface area contributed by atoms with Crippen LogP contribution in [0, 0.1) is 123 Å². The predicted octanol–water partition coefficient (Wildman–Crippen LogP) is 11.1. The molecule has 2 aromatic heterocycles. The molecule has 0 saturated heterocycles. The molecular weight excluding hydrogens is 920 g/mol. The molecule has 0 bridgehead atoms. The van der Waals surface area contributed by atoms with Crippen LogP contribution in [0.25, 0.3) is 16.4 Å². The minimum Gasteiger partial charge on any atom is -0.486 e. The largest absolute Gasteiger partial charge is 4.00 e. The van der Waals surface area contributed by atoms with E-state index >= 15 is 0 Å². The van der Waals surface area contributed by atoms with Crippen molar-refractivity contribution in [3.63, 3.8) is 0 Å². The first-order chi connectivity index (χ1) is 21.6. The number of para-hydroxylation sites is 1. The van der Waals surface area contributed by atoms with Crippen LogP contribution in [0.15, 0.2) is 164 Å². The Morgan fingerprint density at radius 2 is 1.00 bits per heavy atom. The molecule has 0 spiro atoms. The molecule has 0 aliphatic heterocycles. The van der Waals surface area contributed by atoms with Gasteiger partial charge in [0.2, 0.25) is 0 Å². The molecule has 0 N–H and O–H groups in total. The van der Waals surface area contributed by atoms with Gasteiger partial charge in [-0.3, -0.25) is 23.9 Å². The van der Waals surface area contributed by atoms with Gasteiger partial charge in [0.15, 0.2) is 0 Å². The normalized spacial score (nSPS) is 8.92. The molecule has 0 atom stereocenters. The van der Waals surface area contributed by atoms with E-state index in [0.717, 1.165) is 34.3 Å². The zero-order valence-corrected chi connectivity index (χ0v) is 37.3. The third kappa shape index (κ3) is 17.5. The second kappa shape index (κ2) is 26.6. The molecule has 0 aliphatic carbocycles. The second-order valence-electron chi connectivity index (χ2n) is 9.74. The van der Waals surface area contributed by atoms with E-state index in [0.29, 0.717) is 11.5 Å². The summed E-state index contributed by atoms with van der Waals surface area (Å²) in [6, 6.07) is 57.7. The number of hydrogen-bond acceptors (Lipinski definition) is 1. The van der Waals surface area contributed by atoms with Crippen LogP contribution in [0.2, 0.25) is 0 Å². The Hall–Kier alpha value is -2.19. The SMILES string of the molecule is [CH2-]c1ccccc1.[CH2-]c1ccccc1.[CH2-]c1ccccc1.[CH3-].[Pr].[Pr].[Zr+4].[c-]1ccc[c-]c1[N-]c1ccc2ccn(Cc3ccccc3)c2n1. The van der Waals surface area contributed by atoms with Gasteiger partial charge < -0.3 is 34.4 Å². The van der Waals surface area contributed by atoms with Crippen LogP contribution in [0.4, 0.5) is 11.5 Å². The van der Waals surface area contributed by atoms with E-state index in [9.17, 15) is 0 Å². The van der Waals surface area contributed by atoms with Gasteiger partial charge in [0.25, 0.3) is 0 Å². The minimum atomic E-state index is 0. The van der Waals surface area contributed by atoms with Crippen molar-refractivity contribution in [2.24, 2.45) is 0 Å². The number of pyridine rings is 1. The van der Waals surface area contributed by atoms with Gasteiger partial charge in [-0.05, 0) is 17.0 Å². The van der Waals surface area contributed by atoms with Crippen LogP contribution in [-0.4, -0.2) is 9.55 Å². The van der Waals surface area contributed by atoms with Crippen molar-refractivity contribution >= 4 is 22.5 Å². The van der Waals surface area contributed by atoms with Gasteiger partial charge in [-0.15, -0.1) is 36.4 Å². The van der Waals surface area contributed by atoms with E-state index in [-0.39, 0.29) is 116 Å². The van der Waals surface area contributed by atoms with Crippen molar-refractivity contribution in [1.82, 2.24) is 9.55 Å². The van der Waals surface area contributed by atoms with Gasteiger partial charge >= 0.3 is 26.2 Å². The molecule has 0 amide bonds. The number of aromatic nitrogens is 2. The van der Waals surface area contributed by atoms with Crippen molar-refractivity contribution in [2.75, 3.05) is 0 Å². The number of hydrogen-bond donors (Lipinski definition) is 0. The first-order valence-electron chi connectivity index (χ1n) is 14.3. The van der Waals surface area contributed by atoms with Crippen LogP contribution < -0.4 is 0 Å². The zero-order chi connectivity index (χ0) is 30.8. The second-order valence-corrected chi connectivity index (χ2v) is 9.74. The Morgan fingerprint density at radius 3 is 1.42 bits per heavy atom. The van der Waals surface area contributed by atoms with Gasteiger partial charge in [-0.1, -0.05) is 66.5 Å². The van der Waals surface area contributed by atoms with Crippen molar-refractivity contribution < 1.29 is 109 Å². The monoisotopic (exact) mass is 956 g/mol. The van der Waals surface area contributed by atoms with Gasteiger partial charge in [-0.25, -0.2) is 0 Å². The Labute approximate surface area is 374 Å². The molecule has 7 rings (SSSR count). The van der Waals surface area contributed by atoms with E-state index < -0.39 is 0 Å². The van der Waals surface area contributed by atoms with E-state index in [1.54, 1.807) is 0 Å². The van der Waals surface area contributed by atoms with Crippen molar-refractivity contribution in [2.45, 2.75) is 6.54 Å². The summed E-state index contributed by atoms with van der Waals surface area (Å²) >= 11 is 0. The van der Waals surface area contributed by atoms with Crippen LogP contribution in [0.1, 0.15) is 22.3 Å². The molecule has 5 aromatic carbocycles. The number of benzene rings is 5. The topological polar surface area (TPSA) is 31.9 Å². The van der Waals surface area contributed by atoms with Crippen LogP contribution in [0.3, 0.4) is 0 Å². The number of rotatable bonds is 4. The molecule has 234 valence electrons. The molecule has 48 heavy (non-hydrogen) atoms. The van der Waals surface area contributed by atoms with Crippen LogP contribution >= 0.6 is 0 Å². The Morgan fingerprint density at radius 1 is 0.562 bits per heavy atom. The van der Waals surface area contributed by atoms with Crippen molar-refractivity contribution in [1.29, 1.82) is 0 Å². The predicted molar refractivity (Wildman–Crippen MR) is 191 cm³/mol. The maximum atomic E-state index is 4.68. The summed E-state index contributed by atoms with van der Waals surface area (Å²) in [5, 5.41) is 5.60. The third-order valence-electron chi connectivity index (χ3n) is 6.18. The molecule has 2 heterocycles. The van der Waals surface area contributed by atoms with E-state index in [1.807, 2.05) is 127 Å². The summed E-state index contributed by atoms with van der Waals surface area (Å²) in [4.78, 5) is 4.68. The van der Waals surface area contributed by atoms with Gasteiger partial charge in [0.1, 0.15) is 0 Å². The molecule has 6 heteroatoms. The number of nitrogens with zero attached hydrogens (tertiary/aromatic N) is 3. The molecular formula is C42H38N3Pr2Zr-3. The Bertz CT molecular complexity index is 1680. The summed E-state index contributed by atoms with van der Waals surface area (Å²) in [6.07, 6.45) is 2.06. The van der Waals surface area contributed by atoms with Gasteiger partial charge in [0.05, 0.1) is 0 Å². The van der Waals surface area contributed by atoms with E-state index in [4.69, 9.17) is 0 Å². The zero-order valence-electron chi connectivity index (χ0n) is 27.4. The maximum absolute atomic E-state index is 4.68. The molecule has 3 nitrogen and oxygen atoms in total. The van der Waals surface area contributed by atoms with Crippen LogP contribution in [-0.2, 0) is 32.7 Å². The Balaban J connectivity index is 0.000000730. The first kappa shape index (κ1) is 45.8. The molecule has 0 aliphatic rings. The summed E-state index contributed by atoms with van der Waals surface area (Å²) in [7, 11) is 0. The summed E-state index contributed by atoms with van der Waals surface area (Å²) in [5.41, 5.74) is 6.07. The first-order valence-corrected chi connectivity index (χ1v) is 14.3. The number of fused-ring (bicyclic) bond motifs is 1. The smallest absolute Gasteiger partial charge is 0.486 e. The standard InChI is InChI=1S/C20H14N3.3C7H7.CH3.2Pr.Zr/c1-3-7-16(8-4-1)15-23-14-13-17-11-12-19(22-20(17)23)21-18-9-5-2-6-10-18;3*1-7-5-3-2-4-6-7;;;;/h1-8,11-14H,15H2;3*2-6H,1H2;1H3;;;/q-3;4*-1;;;+4. The summed E-state index contributed by atoms with van der Waals surface area (Å²) in [6.45, 7) is 12.0. The fourth-order valence-corrected chi connectivity index (χ4v) is 3.98. The average molecular weight is 958 g/mol. The van der Waals surface area contributed by atoms with Gasteiger partial charge in [-0.2, -0.15) is 73.9 Å². The molecule has 0 saturated carbocycles. The van der Waals surface area contributed by atoms with Crippen molar-refractivity contribution in [3.05, 3.63) is 232 Å². The average Bonchev–Trinajstić information content (AvgIpc) is 3.46. The van der Waals surface area contributed by atoms with E-state index in [2.05, 4.69) is 84.3 Å². The molecule has 0 fully saturated rings. The summed E-state index contributed by atoms with van der Waals surface area (Å²) in [5.74, 6) is 0.671.